The van der Waals surface area contributed by atoms with Gasteiger partial charge in [-0.25, -0.2) is 4.79 Å². The van der Waals surface area contributed by atoms with Crippen molar-refractivity contribution in [3.8, 4) is 0 Å². The SMILES string of the molecule is CC(C)NC(=O)Nc1ccc(C(=O)N2CCO[C@@H]3CCCC[C@@H]32)cc1. The van der Waals surface area contributed by atoms with Crippen molar-refractivity contribution in [2.24, 2.45) is 0 Å². The van der Waals surface area contributed by atoms with E-state index in [9.17, 15) is 9.59 Å². The van der Waals surface area contributed by atoms with Crippen molar-refractivity contribution in [3.05, 3.63) is 29.8 Å². The molecule has 1 aliphatic heterocycles. The van der Waals surface area contributed by atoms with Crippen molar-refractivity contribution in [3.63, 3.8) is 0 Å². The third kappa shape index (κ3) is 4.31. The van der Waals surface area contributed by atoms with E-state index in [1.165, 1.54) is 6.42 Å². The lowest BCUT2D eigenvalue weighted by atomic mass is 9.89. The maximum absolute atomic E-state index is 12.9. The summed E-state index contributed by atoms with van der Waals surface area (Å²) in [6.45, 7) is 5.07. The molecule has 1 saturated carbocycles. The first-order chi connectivity index (χ1) is 12.0. The largest absolute Gasteiger partial charge is 0.374 e. The molecule has 0 spiro atoms. The summed E-state index contributed by atoms with van der Waals surface area (Å²) in [5, 5.41) is 5.54. The predicted molar refractivity (Wildman–Crippen MR) is 96.8 cm³/mol. The second-order valence-electron chi connectivity index (χ2n) is 7.09. The Hall–Kier alpha value is -2.08. The molecule has 1 aromatic carbocycles. The molecule has 6 heteroatoms. The summed E-state index contributed by atoms with van der Waals surface area (Å²) in [4.78, 5) is 26.6. The van der Waals surface area contributed by atoms with Crippen molar-refractivity contribution in [1.29, 1.82) is 0 Å². The monoisotopic (exact) mass is 345 g/mol. The van der Waals surface area contributed by atoms with Gasteiger partial charge in [-0.2, -0.15) is 0 Å². The highest BCUT2D eigenvalue weighted by Gasteiger charge is 2.36. The summed E-state index contributed by atoms with van der Waals surface area (Å²) in [7, 11) is 0. The van der Waals surface area contributed by atoms with E-state index in [1.807, 2.05) is 18.7 Å². The zero-order valence-electron chi connectivity index (χ0n) is 15.0. The van der Waals surface area contributed by atoms with Gasteiger partial charge in [-0.1, -0.05) is 12.8 Å². The van der Waals surface area contributed by atoms with Gasteiger partial charge in [-0.3, -0.25) is 4.79 Å². The minimum absolute atomic E-state index is 0.0541. The number of ether oxygens (including phenoxy) is 1. The van der Waals surface area contributed by atoms with Crippen LogP contribution in [-0.2, 0) is 4.74 Å². The summed E-state index contributed by atoms with van der Waals surface area (Å²) in [6, 6.07) is 7.13. The Morgan fingerprint density at radius 2 is 1.88 bits per heavy atom. The predicted octanol–water partition coefficient (Wildman–Crippen LogP) is 3.00. The second kappa shape index (κ2) is 7.87. The Labute approximate surface area is 148 Å². The summed E-state index contributed by atoms with van der Waals surface area (Å²) >= 11 is 0. The number of nitrogens with one attached hydrogen (secondary N) is 2. The number of nitrogens with zero attached hydrogens (tertiary/aromatic N) is 1. The Balaban J connectivity index is 1.65. The summed E-state index contributed by atoms with van der Waals surface area (Å²) in [5.41, 5.74) is 1.33. The normalized spacial score (nSPS) is 23.1. The van der Waals surface area contributed by atoms with Gasteiger partial charge in [-0.05, 0) is 51.0 Å². The maximum Gasteiger partial charge on any atom is 0.319 e. The zero-order chi connectivity index (χ0) is 17.8. The van der Waals surface area contributed by atoms with Gasteiger partial charge in [0.05, 0.1) is 18.8 Å². The van der Waals surface area contributed by atoms with E-state index in [0.29, 0.717) is 24.4 Å². The molecule has 1 saturated heterocycles. The number of anilines is 1. The zero-order valence-corrected chi connectivity index (χ0v) is 15.0. The molecule has 2 aliphatic rings. The molecule has 3 amide bonds. The molecule has 0 radical (unpaired) electrons. The Kier molecular flexibility index (Phi) is 5.58. The standard InChI is InChI=1S/C19H27N3O3/c1-13(2)20-19(24)21-15-9-7-14(8-10-15)18(23)22-11-12-25-17-6-4-3-5-16(17)22/h7-10,13,16-17H,3-6,11-12H2,1-2H3,(H2,20,21,24)/t16-,17+/m0/s1. The van der Waals surface area contributed by atoms with Crippen molar-refractivity contribution < 1.29 is 14.3 Å². The highest BCUT2D eigenvalue weighted by Crippen LogP contribution is 2.29. The fraction of sp³-hybridized carbons (Fsp3) is 0.579. The average molecular weight is 345 g/mol. The van der Waals surface area contributed by atoms with E-state index in [4.69, 9.17) is 4.74 Å². The number of hydrogen-bond acceptors (Lipinski definition) is 3. The van der Waals surface area contributed by atoms with Crippen molar-refractivity contribution >= 4 is 17.6 Å². The van der Waals surface area contributed by atoms with Crippen LogP contribution in [0.3, 0.4) is 0 Å². The molecule has 25 heavy (non-hydrogen) atoms. The molecule has 2 fully saturated rings. The molecule has 2 N–H and O–H groups in total. The number of urea groups is 1. The number of carbonyl (C=O) groups excluding carboxylic acids is 2. The number of carbonyl (C=O) groups is 2. The molecule has 1 aliphatic carbocycles. The fourth-order valence-corrected chi connectivity index (χ4v) is 3.64. The van der Waals surface area contributed by atoms with Crippen LogP contribution in [0, 0.1) is 0 Å². The highest BCUT2D eigenvalue weighted by atomic mass is 16.5. The maximum atomic E-state index is 12.9. The minimum Gasteiger partial charge on any atom is -0.374 e. The first-order valence-electron chi connectivity index (χ1n) is 9.15. The van der Waals surface area contributed by atoms with Crippen LogP contribution in [0.15, 0.2) is 24.3 Å². The lowest BCUT2D eigenvalue weighted by Gasteiger charge is -2.43. The van der Waals surface area contributed by atoms with Gasteiger partial charge in [0.15, 0.2) is 0 Å². The lowest BCUT2D eigenvalue weighted by Crippen LogP contribution is -2.54. The first kappa shape index (κ1) is 17.7. The molecule has 1 heterocycles. The summed E-state index contributed by atoms with van der Waals surface area (Å²) in [5.74, 6) is 0.0541. The Bertz CT molecular complexity index is 613. The molecule has 0 unspecified atom stereocenters. The van der Waals surface area contributed by atoms with Crippen molar-refractivity contribution in [2.45, 2.75) is 57.7 Å². The third-order valence-electron chi connectivity index (χ3n) is 4.80. The van der Waals surface area contributed by atoms with Crippen LogP contribution in [0.2, 0.25) is 0 Å². The van der Waals surface area contributed by atoms with Crippen LogP contribution < -0.4 is 10.6 Å². The van der Waals surface area contributed by atoms with Gasteiger partial charge in [0, 0.05) is 23.8 Å². The van der Waals surface area contributed by atoms with E-state index >= 15 is 0 Å². The fourth-order valence-electron chi connectivity index (χ4n) is 3.64. The number of morpholine rings is 1. The molecule has 2 atom stereocenters. The Morgan fingerprint density at radius 3 is 2.60 bits per heavy atom. The molecule has 0 bridgehead atoms. The minimum atomic E-state index is -0.243. The third-order valence-corrected chi connectivity index (χ3v) is 4.80. The number of rotatable bonds is 3. The molecular weight excluding hydrogens is 318 g/mol. The van der Waals surface area contributed by atoms with Gasteiger partial charge in [0.2, 0.25) is 0 Å². The molecule has 0 aromatic heterocycles. The van der Waals surface area contributed by atoms with Crippen LogP contribution in [-0.4, -0.2) is 48.2 Å². The lowest BCUT2D eigenvalue weighted by molar-refractivity contribution is -0.0752. The van der Waals surface area contributed by atoms with Crippen LogP contribution in [0.1, 0.15) is 49.9 Å². The van der Waals surface area contributed by atoms with Crippen LogP contribution >= 0.6 is 0 Å². The average Bonchev–Trinajstić information content (AvgIpc) is 2.60. The van der Waals surface area contributed by atoms with E-state index < -0.39 is 0 Å². The second-order valence-corrected chi connectivity index (χ2v) is 7.09. The molecule has 6 nitrogen and oxygen atoms in total. The van der Waals surface area contributed by atoms with Gasteiger partial charge in [0.25, 0.3) is 5.91 Å². The van der Waals surface area contributed by atoms with Crippen LogP contribution in [0.25, 0.3) is 0 Å². The summed E-state index contributed by atoms with van der Waals surface area (Å²) in [6.07, 6.45) is 4.59. The topological polar surface area (TPSA) is 70.7 Å². The smallest absolute Gasteiger partial charge is 0.319 e. The van der Waals surface area contributed by atoms with Crippen molar-refractivity contribution in [1.82, 2.24) is 10.2 Å². The van der Waals surface area contributed by atoms with Gasteiger partial charge >= 0.3 is 6.03 Å². The van der Waals surface area contributed by atoms with Gasteiger partial charge in [0.1, 0.15) is 0 Å². The van der Waals surface area contributed by atoms with Gasteiger partial charge < -0.3 is 20.3 Å². The Morgan fingerprint density at radius 1 is 1.16 bits per heavy atom. The number of hydrogen-bond donors (Lipinski definition) is 2. The van der Waals surface area contributed by atoms with E-state index in [0.717, 1.165) is 19.3 Å². The molecule has 3 rings (SSSR count). The summed E-state index contributed by atoms with van der Waals surface area (Å²) < 4.78 is 5.84. The highest BCUT2D eigenvalue weighted by molar-refractivity contribution is 5.96. The van der Waals surface area contributed by atoms with Crippen LogP contribution in [0.4, 0.5) is 10.5 Å². The molecular formula is C19H27N3O3. The van der Waals surface area contributed by atoms with Gasteiger partial charge in [-0.15, -0.1) is 0 Å². The first-order valence-corrected chi connectivity index (χ1v) is 9.15. The van der Waals surface area contributed by atoms with E-state index in [2.05, 4.69) is 10.6 Å². The number of amides is 3. The van der Waals surface area contributed by atoms with E-state index in [1.54, 1.807) is 24.3 Å². The van der Waals surface area contributed by atoms with Crippen molar-refractivity contribution in [2.75, 3.05) is 18.5 Å². The molecule has 136 valence electrons. The van der Waals surface area contributed by atoms with Crippen LogP contribution in [0.5, 0.6) is 0 Å². The van der Waals surface area contributed by atoms with E-state index in [-0.39, 0.29) is 30.1 Å². The number of benzene rings is 1. The number of fused-ring (bicyclic) bond motifs is 1. The molecule has 1 aromatic rings. The quantitative estimate of drug-likeness (QED) is 0.885.